The summed E-state index contributed by atoms with van der Waals surface area (Å²) in [5, 5.41) is 20.6. The van der Waals surface area contributed by atoms with Crippen molar-refractivity contribution in [1.82, 2.24) is 0 Å². The fraction of sp³-hybridized carbons (Fsp3) is 0.895. The highest BCUT2D eigenvalue weighted by molar-refractivity contribution is 9.09. The van der Waals surface area contributed by atoms with E-state index in [0.717, 1.165) is 31.1 Å². The van der Waals surface area contributed by atoms with Crippen molar-refractivity contribution < 1.29 is 10.2 Å². The van der Waals surface area contributed by atoms with Crippen molar-refractivity contribution in [1.29, 1.82) is 0 Å². The molecule has 0 aliphatic heterocycles. The fourth-order valence-electron chi connectivity index (χ4n) is 6.81. The standard InChI is InChI=1S/C19H29BrO2/c1-18-7-5-12(21)9-11(18)3-4-13-14(18)6-8-19(2)15(13)10-16(20)17(19)22/h5,11,13-17,21-22H,3-4,6-10H2,1-2H3/t11-,13+,14-,15-,16+,17-,18-,19-/m0/s1. The minimum atomic E-state index is -0.181. The van der Waals surface area contributed by atoms with Gasteiger partial charge in [-0.05, 0) is 79.1 Å². The van der Waals surface area contributed by atoms with E-state index < -0.39 is 0 Å². The Labute approximate surface area is 142 Å². The first kappa shape index (κ1) is 15.5. The maximum Gasteiger partial charge on any atom is 0.0886 e. The highest BCUT2D eigenvalue weighted by Crippen LogP contribution is 2.66. The van der Waals surface area contributed by atoms with Gasteiger partial charge in [0, 0.05) is 11.2 Å². The molecule has 3 saturated carbocycles. The first-order valence-corrected chi connectivity index (χ1v) is 9.98. The third kappa shape index (κ3) is 1.94. The van der Waals surface area contributed by atoms with Gasteiger partial charge in [0.05, 0.1) is 11.9 Å². The van der Waals surface area contributed by atoms with Crippen LogP contribution in [0.15, 0.2) is 11.8 Å². The van der Waals surface area contributed by atoms with Gasteiger partial charge in [-0.15, -0.1) is 0 Å². The zero-order valence-corrected chi connectivity index (χ0v) is 15.3. The highest BCUT2D eigenvalue weighted by atomic mass is 79.9. The van der Waals surface area contributed by atoms with Gasteiger partial charge in [0.25, 0.3) is 0 Å². The van der Waals surface area contributed by atoms with E-state index in [1.54, 1.807) is 0 Å². The number of hydrogen-bond acceptors (Lipinski definition) is 2. The van der Waals surface area contributed by atoms with Crippen molar-refractivity contribution in [3.63, 3.8) is 0 Å². The molecule has 0 saturated heterocycles. The summed E-state index contributed by atoms with van der Waals surface area (Å²) in [6.07, 6.45) is 9.97. The van der Waals surface area contributed by atoms with Crippen molar-refractivity contribution in [2.24, 2.45) is 34.5 Å². The van der Waals surface area contributed by atoms with Gasteiger partial charge in [0.15, 0.2) is 0 Å². The van der Waals surface area contributed by atoms with E-state index in [1.807, 2.05) is 0 Å². The van der Waals surface area contributed by atoms with Crippen molar-refractivity contribution in [2.45, 2.75) is 69.7 Å². The normalized spacial score (nSPS) is 57.5. The van der Waals surface area contributed by atoms with Crippen LogP contribution in [0.2, 0.25) is 0 Å². The lowest BCUT2D eigenvalue weighted by molar-refractivity contribution is -0.111. The average Bonchev–Trinajstić information content (AvgIpc) is 2.72. The lowest BCUT2D eigenvalue weighted by atomic mass is 9.46. The van der Waals surface area contributed by atoms with E-state index in [2.05, 4.69) is 35.9 Å². The van der Waals surface area contributed by atoms with Gasteiger partial charge in [0.1, 0.15) is 0 Å². The molecule has 0 heterocycles. The third-order valence-corrected chi connectivity index (χ3v) is 9.11. The molecule has 0 bridgehead atoms. The van der Waals surface area contributed by atoms with Gasteiger partial charge in [-0.1, -0.05) is 29.8 Å². The summed E-state index contributed by atoms with van der Waals surface area (Å²) in [6.45, 7) is 4.82. The Balaban J connectivity index is 1.66. The van der Waals surface area contributed by atoms with Gasteiger partial charge < -0.3 is 10.2 Å². The third-order valence-electron chi connectivity index (χ3n) is 8.23. The Hall–Kier alpha value is -0.0200. The van der Waals surface area contributed by atoms with Crippen molar-refractivity contribution in [3.8, 4) is 0 Å². The summed E-state index contributed by atoms with van der Waals surface area (Å²) in [5.41, 5.74) is 0.483. The van der Waals surface area contributed by atoms with Crippen LogP contribution < -0.4 is 0 Å². The number of aliphatic hydroxyl groups is 2. The van der Waals surface area contributed by atoms with Gasteiger partial charge >= 0.3 is 0 Å². The molecule has 2 N–H and O–H groups in total. The molecule has 0 radical (unpaired) electrons. The molecule has 0 aromatic heterocycles. The molecule has 0 aromatic rings. The van der Waals surface area contributed by atoms with Crippen molar-refractivity contribution in [3.05, 3.63) is 11.8 Å². The molecule has 4 aliphatic rings. The smallest absolute Gasteiger partial charge is 0.0886 e. The second-order valence-corrected chi connectivity index (χ2v) is 10.2. The summed E-state index contributed by atoms with van der Waals surface area (Å²) >= 11 is 3.74. The van der Waals surface area contributed by atoms with Crippen LogP contribution in [-0.2, 0) is 0 Å². The van der Waals surface area contributed by atoms with Crippen LogP contribution in [0.25, 0.3) is 0 Å². The zero-order valence-electron chi connectivity index (χ0n) is 13.8. The van der Waals surface area contributed by atoms with Gasteiger partial charge in [-0.2, -0.15) is 0 Å². The first-order chi connectivity index (χ1) is 10.4. The molecular formula is C19H29BrO2. The Kier molecular flexibility index (Phi) is 3.51. The molecule has 8 atom stereocenters. The summed E-state index contributed by atoms with van der Waals surface area (Å²) in [5.74, 6) is 3.50. The maximum absolute atomic E-state index is 10.7. The molecule has 0 unspecified atom stereocenters. The fourth-order valence-corrected chi connectivity index (χ4v) is 7.81. The number of halogens is 1. The predicted octanol–water partition coefficient (Wildman–Crippen LogP) is 4.82. The van der Waals surface area contributed by atoms with Crippen molar-refractivity contribution in [2.75, 3.05) is 0 Å². The van der Waals surface area contributed by atoms with E-state index in [4.69, 9.17) is 0 Å². The Bertz CT molecular complexity index is 504. The number of alkyl halides is 1. The molecule has 4 aliphatic carbocycles. The highest BCUT2D eigenvalue weighted by Gasteiger charge is 2.61. The van der Waals surface area contributed by atoms with Gasteiger partial charge in [0.2, 0.25) is 0 Å². The van der Waals surface area contributed by atoms with E-state index in [9.17, 15) is 10.2 Å². The molecule has 3 fully saturated rings. The molecule has 3 heteroatoms. The van der Waals surface area contributed by atoms with Crippen LogP contribution in [0.5, 0.6) is 0 Å². The molecule has 0 aromatic carbocycles. The number of fused-ring (bicyclic) bond motifs is 5. The lowest BCUT2D eigenvalue weighted by Gasteiger charge is -2.59. The molecule has 2 nitrogen and oxygen atoms in total. The topological polar surface area (TPSA) is 40.5 Å². The molecular weight excluding hydrogens is 340 g/mol. The average molecular weight is 369 g/mol. The SMILES string of the molecule is C[C@]12CC=C(O)C[C@@H]1CC[C@@H]1[C@@H]2CC[C@]2(C)[C@@H](O)[C@H](Br)C[C@@H]12. The second-order valence-electron chi connectivity index (χ2n) is 9.00. The van der Waals surface area contributed by atoms with E-state index >= 15 is 0 Å². The minimum Gasteiger partial charge on any atom is -0.513 e. The van der Waals surface area contributed by atoms with E-state index in [-0.39, 0.29) is 16.3 Å². The zero-order chi connectivity index (χ0) is 15.7. The van der Waals surface area contributed by atoms with Gasteiger partial charge in [-0.25, -0.2) is 0 Å². The first-order valence-electron chi connectivity index (χ1n) is 9.06. The Morgan fingerprint density at radius 1 is 1.14 bits per heavy atom. The van der Waals surface area contributed by atoms with E-state index in [1.165, 1.54) is 25.7 Å². The monoisotopic (exact) mass is 368 g/mol. The quantitative estimate of drug-likeness (QED) is 0.602. The largest absolute Gasteiger partial charge is 0.513 e. The van der Waals surface area contributed by atoms with Crippen LogP contribution in [-0.4, -0.2) is 21.1 Å². The van der Waals surface area contributed by atoms with Crippen LogP contribution >= 0.6 is 15.9 Å². The molecule has 124 valence electrons. The summed E-state index contributed by atoms with van der Waals surface area (Å²) in [6, 6.07) is 0. The summed E-state index contributed by atoms with van der Waals surface area (Å²) in [4.78, 5) is 0.280. The van der Waals surface area contributed by atoms with Crippen LogP contribution in [0.3, 0.4) is 0 Å². The second kappa shape index (κ2) is 4.99. The van der Waals surface area contributed by atoms with Gasteiger partial charge in [-0.3, -0.25) is 0 Å². The molecule has 22 heavy (non-hydrogen) atoms. The van der Waals surface area contributed by atoms with Crippen LogP contribution in [0.1, 0.15) is 58.8 Å². The summed E-state index contributed by atoms with van der Waals surface area (Å²) in [7, 11) is 0. The van der Waals surface area contributed by atoms with Crippen molar-refractivity contribution >= 4 is 15.9 Å². The Morgan fingerprint density at radius 2 is 1.91 bits per heavy atom. The number of aliphatic hydroxyl groups excluding tert-OH is 2. The number of rotatable bonds is 0. The van der Waals surface area contributed by atoms with E-state index in [0.29, 0.717) is 23.0 Å². The summed E-state index contributed by atoms with van der Waals surface area (Å²) < 4.78 is 0. The lowest BCUT2D eigenvalue weighted by Crippen LogP contribution is -2.53. The van der Waals surface area contributed by atoms with Crippen LogP contribution in [0.4, 0.5) is 0 Å². The number of hydrogen-bond donors (Lipinski definition) is 2. The molecule has 0 amide bonds. The van der Waals surface area contributed by atoms with Crippen LogP contribution in [0, 0.1) is 34.5 Å². The predicted molar refractivity (Wildman–Crippen MR) is 91.9 cm³/mol. The molecule has 4 rings (SSSR count). The molecule has 0 spiro atoms. The maximum atomic E-state index is 10.7. The minimum absolute atomic E-state index is 0.116. The number of allylic oxidation sites excluding steroid dienone is 2. The Morgan fingerprint density at radius 3 is 2.68 bits per heavy atom.